The van der Waals surface area contributed by atoms with Gasteiger partial charge in [-0.2, -0.15) is 11.8 Å². The van der Waals surface area contributed by atoms with Crippen molar-refractivity contribution in [3.63, 3.8) is 0 Å². The largest absolute Gasteiger partial charge is 0.380 e. The van der Waals surface area contributed by atoms with Gasteiger partial charge >= 0.3 is 0 Å². The number of ether oxygens (including phenoxy) is 4. The maximum absolute atomic E-state index is 13.6. The van der Waals surface area contributed by atoms with Gasteiger partial charge in [-0.1, -0.05) is 45.0 Å². The lowest BCUT2D eigenvalue weighted by Gasteiger charge is -2.27. The van der Waals surface area contributed by atoms with Crippen LogP contribution in [0.15, 0.2) is 24.3 Å². The number of rotatable bonds is 37. The van der Waals surface area contributed by atoms with Crippen LogP contribution in [0.5, 0.6) is 0 Å². The number of nitrogens with two attached hydrogens (primary N) is 1. The Bertz CT molecular complexity index is 1950. The number of amides is 9. The molecule has 0 aromatic heterocycles. The zero-order valence-electron chi connectivity index (χ0n) is 43.1. The van der Waals surface area contributed by atoms with E-state index in [1.54, 1.807) is 30.5 Å². The Balaban J connectivity index is 1.90. The monoisotopic (exact) mass is 1050 g/mol. The third kappa shape index (κ3) is 26.2. The maximum atomic E-state index is 13.6. The number of thioether (sulfide) groups is 1. The summed E-state index contributed by atoms with van der Waals surface area (Å²) in [6, 6.07) is 1.54. The van der Waals surface area contributed by atoms with Crippen molar-refractivity contribution >= 4 is 70.7 Å². The van der Waals surface area contributed by atoms with E-state index >= 15 is 0 Å². The molecule has 0 radical (unpaired) electrons. The number of hydrogen-bond donors (Lipinski definition) is 9. The molecule has 9 amide bonds. The van der Waals surface area contributed by atoms with Crippen LogP contribution in [0.2, 0.25) is 0 Å². The Hall–Kier alpha value is -5.73. The highest BCUT2D eigenvalue weighted by Crippen LogP contribution is 2.19. The molecule has 73 heavy (non-hydrogen) atoms. The van der Waals surface area contributed by atoms with Gasteiger partial charge in [0.25, 0.3) is 0 Å². The van der Waals surface area contributed by atoms with E-state index in [9.17, 15) is 47.9 Å². The third-order valence-electron chi connectivity index (χ3n) is 10.8. The highest BCUT2D eigenvalue weighted by Gasteiger charge is 2.36. The molecule has 1 aromatic carbocycles. The maximum Gasteiger partial charge on any atom is 0.249 e. The molecule has 2 rings (SSSR count). The van der Waals surface area contributed by atoms with Crippen LogP contribution in [0.4, 0.5) is 0 Å². The number of likely N-dealkylation sites (tertiary alicyclic amines) is 1. The minimum atomic E-state index is -1.08. The van der Waals surface area contributed by atoms with Crippen LogP contribution in [-0.2, 0) is 68.5 Å². The van der Waals surface area contributed by atoms with Crippen molar-refractivity contribution < 1.29 is 66.9 Å². The molecular weight excluding hydrogens is 973 g/mol. The predicted molar refractivity (Wildman–Crippen MR) is 271 cm³/mol. The highest BCUT2D eigenvalue weighted by atomic mass is 32.2. The van der Waals surface area contributed by atoms with E-state index in [2.05, 4.69) is 42.5 Å². The summed E-state index contributed by atoms with van der Waals surface area (Å²) in [6.45, 7) is 9.39. The number of Topliss-reactive ketones (excluding diaryl/α,β-unsaturated/α-hetero) is 1. The molecule has 0 unspecified atom stereocenters. The average molecular weight is 1050 g/mol. The van der Waals surface area contributed by atoms with Crippen molar-refractivity contribution in [2.75, 3.05) is 104 Å². The minimum absolute atomic E-state index is 0.0208. The SMILES string of the molecule is CCCOCCNC(=O)CNC(=O)[C@H](C)NC(=O)[C@H](CSC)NC(=O)CNC(=O)[C@H](CC(C)C)NC(=O)[C@@H]1CCCN1C(=O)COCCNC(=O)[C@H](Cc1ccc(C(C)=O)cc1)NC(=O)COCCOCCN. The van der Waals surface area contributed by atoms with Crippen LogP contribution < -0.4 is 48.3 Å². The lowest BCUT2D eigenvalue weighted by molar-refractivity contribution is -0.142. The van der Waals surface area contributed by atoms with Gasteiger partial charge in [0.2, 0.25) is 53.2 Å². The molecule has 5 atom stereocenters. The first kappa shape index (κ1) is 63.4. The number of carbonyl (C=O) groups is 10. The second-order valence-corrected chi connectivity index (χ2v) is 18.4. The topological polar surface area (TPSA) is 333 Å². The van der Waals surface area contributed by atoms with Crippen LogP contribution in [0.1, 0.15) is 76.2 Å². The summed E-state index contributed by atoms with van der Waals surface area (Å²) in [5.74, 6) is -5.22. The smallest absolute Gasteiger partial charge is 0.249 e. The van der Waals surface area contributed by atoms with Crippen LogP contribution in [0.25, 0.3) is 0 Å². The van der Waals surface area contributed by atoms with Gasteiger partial charge < -0.3 is 72.1 Å². The molecule has 1 saturated heterocycles. The second-order valence-electron chi connectivity index (χ2n) is 17.5. The first-order valence-electron chi connectivity index (χ1n) is 24.6. The lowest BCUT2D eigenvalue weighted by Crippen LogP contribution is -2.56. The summed E-state index contributed by atoms with van der Waals surface area (Å²) in [4.78, 5) is 130. The first-order chi connectivity index (χ1) is 34.9. The van der Waals surface area contributed by atoms with Crippen LogP contribution in [-0.4, -0.2) is 198 Å². The Morgan fingerprint density at radius 2 is 1.29 bits per heavy atom. The van der Waals surface area contributed by atoms with E-state index in [-0.39, 0.29) is 82.9 Å². The van der Waals surface area contributed by atoms with Crippen LogP contribution in [0.3, 0.4) is 0 Å². The van der Waals surface area contributed by atoms with Crippen molar-refractivity contribution in [2.24, 2.45) is 11.7 Å². The highest BCUT2D eigenvalue weighted by molar-refractivity contribution is 7.98. The number of carbonyl (C=O) groups excluding carboxylic acids is 10. The van der Waals surface area contributed by atoms with Gasteiger partial charge in [0.15, 0.2) is 5.78 Å². The van der Waals surface area contributed by atoms with Gasteiger partial charge in [0.1, 0.15) is 43.4 Å². The van der Waals surface area contributed by atoms with Crippen molar-refractivity contribution in [1.29, 1.82) is 0 Å². The number of ketones is 1. The molecular formula is C48H78N10O14S. The summed E-state index contributed by atoms with van der Waals surface area (Å²) in [7, 11) is 0. The average Bonchev–Trinajstić information content (AvgIpc) is 3.86. The summed E-state index contributed by atoms with van der Waals surface area (Å²) in [5, 5.41) is 20.8. The molecule has 1 aliphatic heterocycles. The van der Waals surface area contributed by atoms with Gasteiger partial charge in [-0.3, -0.25) is 47.9 Å². The molecule has 25 heteroatoms. The quantitative estimate of drug-likeness (QED) is 0.0250. The van der Waals surface area contributed by atoms with Crippen molar-refractivity contribution in [2.45, 2.75) is 96.9 Å². The third-order valence-corrected chi connectivity index (χ3v) is 11.5. The van der Waals surface area contributed by atoms with Crippen molar-refractivity contribution in [1.82, 2.24) is 47.4 Å². The standard InChI is InChI=1S/C48H78N10O14S/c1-7-18-69-20-15-50-40(60)26-52-44(64)32(4)54-47(67)38(30-73-6)56-41(61)27-53-46(66)36(24-31(2)3)57-48(68)39-9-8-17-58(39)43(63)29-71-21-16-51-45(65)37(25-34-10-12-35(13-11-34)33(5)59)55-42(62)28-72-23-22-70-19-14-49/h10-13,31-32,36-39H,7-9,14-30,49H2,1-6H3,(H,50,60)(H,51,65)(H,52,64)(H,53,66)(H,54,67)(H,55,62)(H,56,61)(H,57,68)/t32-,36-,37-,38-,39-/m0/s1. The molecule has 1 aromatic rings. The lowest BCUT2D eigenvalue weighted by atomic mass is 10.0. The second kappa shape index (κ2) is 36.2. The molecule has 0 aliphatic carbocycles. The van der Waals surface area contributed by atoms with E-state index in [1.165, 1.54) is 30.5 Å². The predicted octanol–water partition coefficient (Wildman–Crippen LogP) is -2.31. The molecule has 1 aliphatic rings. The van der Waals surface area contributed by atoms with Crippen LogP contribution in [0, 0.1) is 5.92 Å². The number of benzene rings is 1. The normalized spacial score (nSPS) is 14.7. The fourth-order valence-electron chi connectivity index (χ4n) is 7.10. The summed E-state index contributed by atoms with van der Waals surface area (Å²) in [5.41, 5.74) is 6.58. The molecule has 24 nitrogen and oxygen atoms in total. The van der Waals surface area contributed by atoms with Gasteiger partial charge in [-0.25, -0.2) is 0 Å². The Labute approximate surface area is 431 Å². The molecule has 410 valence electrons. The molecule has 0 saturated carbocycles. The van der Waals surface area contributed by atoms with Crippen molar-refractivity contribution in [3.8, 4) is 0 Å². The minimum Gasteiger partial charge on any atom is -0.380 e. The summed E-state index contributed by atoms with van der Waals surface area (Å²) < 4.78 is 21.5. The van der Waals surface area contributed by atoms with Gasteiger partial charge in [0.05, 0.1) is 46.1 Å². The summed E-state index contributed by atoms with van der Waals surface area (Å²) >= 11 is 1.26. The Kier molecular flexibility index (Phi) is 31.5. The number of nitrogens with zero attached hydrogens (tertiary/aromatic N) is 1. The zero-order chi connectivity index (χ0) is 54.1. The van der Waals surface area contributed by atoms with Gasteiger partial charge in [0, 0.05) is 50.5 Å². The fraction of sp³-hybridized carbons (Fsp3) is 0.667. The van der Waals surface area contributed by atoms with E-state index in [1.807, 2.05) is 20.8 Å². The fourth-order valence-corrected chi connectivity index (χ4v) is 7.67. The van der Waals surface area contributed by atoms with E-state index < -0.39 is 96.5 Å². The summed E-state index contributed by atoms with van der Waals surface area (Å²) in [6.07, 6.45) is 3.71. The number of hydrogen-bond acceptors (Lipinski definition) is 16. The van der Waals surface area contributed by atoms with E-state index in [4.69, 9.17) is 24.7 Å². The van der Waals surface area contributed by atoms with Gasteiger partial charge in [-0.15, -0.1) is 0 Å². The van der Waals surface area contributed by atoms with Crippen molar-refractivity contribution in [3.05, 3.63) is 35.4 Å². The van der Waals surface area contributed by atoms with Gasteiger partial charge in [-0.05, 0) is 57.3 Å². The molecule has 1 heterocycles. The first-order valence-corrected chi connectivity index (χ1v) is 26.0. The van der Waals surface area contributed by atoms with E-state index in [0.717, 1.165) is 6.42 Å². The zero-order valence-corrected chi connectivity index (χ0v) is 43.9. The Morgan fingerprint density at radius 1 is 0.671 bits per heavy atom. The van der Waals surface area contributed by atoms with E-state index in [0.29, 0.717) is 50.3 Å². The molecule has 1 fully saturated rings. The molecule has 0 spiro atoms. The molecule has 10 N–H and O–H groups in total. The molecule has 0 bridgehead atoms. The number of nitrogens with one attached hydrogen (secondary N) is 8. The Morgan fingerprint density at radius 3 is 1.96 bits per heavy atom. The van der Waals surface area contributed by atoms with Crippen LogP contribution >= 0.6 is 11.8 Å².